The molecular formula is C35H45FN6O9S. The molecule has 0 aromatic heterocycles. The number of nitrogens with zero attached hydrogens (tertiary/aromatic N) is 3. The quantitative estimate of drug-likeness (QED) is 0.368. The zero-order valence-corrected chi connectivity index (χ0v) is 29.7. The van der Waals surface area contributed by atoms with Crippen molar-refractivity contribution in [2.45, 2.75) is 119 Å². The Bertz CT molecular complexity index is 1750. The van der Waals surface area contributed by atoms with E-state index in [1.54, 1.807) is 12.1 Å². The minimum absolute atomic E-state index is 0.00275. The molecule has 0 bridgehead atoms. The number of hydrogen-bond acceptors (Lipinski definition) is 9. The van der Waals surface area contributed by atoms with E-state index in [9.17, 15) is 36.8 Å². The van der Waals surface area contributed by atoms with Crippen LogP contribution >= 0.6 is 0 Å². The molecule has 1 aromatic carbocycles. The summed E-state index contributed by atoms with van der Waals surface area (Å²) in [5.41, 5.74) is 2.05. The molecule has 1 saturated heterocycles. The summed E-state index contributed by atoms with van der Waals surface area (Å²) in [6.45, 7) is 0.0228. The van der Waals surface area contributed by atoms with Gasteiger partial charge in [0.1, 0.15) is 29.6 Å². The molecule has 4 fully saturated rings. The zero-order chi connectivity index (χ0) is 36.6. The van der Waals surface area contributed by atoms with Gasteiger partial charge >= 0.3 is 18.2 Å². The summed E-state index contributed by atoms with van der Waals surface area (Å²) in [5.74, 6) is -2.49. The predicted molar refractivity (Wildman–Crippen MR) is 182 cm³/mol. The average Bonchev–Trinajstić information content (AvgIpc) is 3.88. The number of ether oxygens (including phenoxy) is 2. The van der Waals surface area contributed by atoms with Crippen LogP contribution in [0.25, 0.3) is 0 Å². The second-order valence-corrected chi connectivity index (χ2v) is 16.7. The van der Waals surface area contributed by atoms with Gasteiger partial charge in [-0.2, -0.15) is 0 Å². The van der Waals surface area contributed by atoms with Crippen molar-refractivity contribution in [2.75, 3.05) is 13.1 Å². The molecule has 3 aliphatic heterocycles. The summed E-state index contributed by atoms with van der Waals surface area (Å²) < 4.78 is 53.5. The van der Waals surface area contributed by atoms with E-state index in [4.69, 9.17) is 9.47 Å². The minimum Gasteiger partial charge on any atom is -0.445 e. The van der Waals surface area contributed by atoms with Gasteiger partial charge in [-0.1, -0.05) is 30.7 Å². The Hall–Kier alpha value is -4.41. The molecule has 0 unspecified atom stereocenters. The van der Waals surface area contributed by atoms with E-state index in [0.717, 1.165) is 37.1 Å². The normalized spacial score (nSPS) is 28.8. The van der Waals surface area contributed by atoms with Gasteiger partial charge in [-0.25, -0.2) is 37.6 Å². The number of nitrogens with one attached hydrogen (secondary N) is 3. The summed E-state index contributed by atoms with van der Waals surface area (Å²) >= 11 is 0. The number of amides is 6. The van der Waals surface area contributed by atoms with Gasteiger partial charge < -0.3 is 19.7 Å². The number of benzene rings is 1. The van der Waals surface area contributed by atoms with Gasteiger partial charge in [-0.15, -0.1) is 0 Å². The number of carbonyl (C=O) groups is 5. The summed E-state index contributed by atoms with van der Waals surface area (Å²) in [6.07, 6.45) is 7.80. The third kappa shape index (κ3) is 7.69. The first-order chi connectivity index (χ1) is 24.9. The lowest BCUT2D eigenvalue weighted by Gasteiger charge is -2.32. The maximum absolute atomic E-state index is 14.4. The molecule has 7 rings (SSSR count). The largest absolute Gasteiger partial charge is 0.445 e. The SMILES string of the molecule is O=C(NN1CCCCC/C=C\[C@@H]2C[C@]2(C(=O)NS(=O)(=O)C2CC2)NC(=O)[C@@H]2C[C@@H](OC(=O)N3Cc4cccc(F)c4C3)CN2C1=O)OC1CCCC1. The van der Waals surface area contributed by atoms with Crippen LogP contribution in [0.5, 0.6) is 0 Å². The van der Waals surface area contributed by atoms with Crippen LogP contribution < -0.4 is 15.5 Å². The monoisotopic (exact) mass is 744 g/mol. The Balaban J connectivity index is 1.12. The molecule has 6 aliphatic rings. The van der Waals surface area contributed by atoms with Gasteiger partial charge in [0.25, 0.3) is 5.91 Å². The van der Waals surface area contributed by atoms with Crippen LogP contribution in [0.1, 0.15) is 88.2 Å². The fourth-order valence-electron chi connectivity index (χ4n) is 7.65. The van der Waals surface area contributed by atoms with Gasteiger partial charge in [0, 0.05) is 31.0 Å². The lowest BCUT2D eigenvalue weighted by atomic mass is 10.1. The summed E-state index contributed by atoms with van der Waals surface area (Å²) in [7, 11) is -3.92. The molecular weight excluding hydrogens is 699 g/mol. The van der Waals surface area contributed by atoms with E-state index in [0.29, 0.717) is 43.2 Å². The molecule has 17 heteroatoms. The summed E-state index contributed by atoms with van der Waals surface area (Å²) in [4.78, 5) is 70.9. The lowest BCUT2D eigenvalue weighted by Crippen LogP contribution is -2.59. The number of carbonyl (C=O) groups excluding carboxylic acids is 5. The Morgan fingerprint density at radius 3 is 2.50 bits per heavy atom. The minimum atomic E-state index is -3.92. The number of rotatable bonds is 6. The predicted octanol–water partition coefficient (Wildman–Crippen LogP) is 3.34. The van der Waals surface area contributed by atoms with Gasteiger partial charge in [-0.3, -0.25) is 19.2 Å². The van der Waals surface area contributed by atoms with Crippen molar-refractivity contribution in [1.82, 2.24) is 30.3 Å². The number of halogens is 1. The second kappa shape index (κ2) is 14.5. The van der Waals surface area contributed by atoms with Crippen LogP contribution in [-0.2, 0) is 42.2 Å². The van der Waals surface area contributed by atoms with Crippen molar-refractivity contribution < 1.29 is 46.3 Å². The van der Waals surface area contributed by atoms with Crippen molar-refractivity contribution in [3.63, 3.8) is 0 Å². The molecule has 3 N–H and O–H groups in total. The van der Waals surface area contributed by atoms with E-state index in [-0.39, 0.29) is 45.1 Å². The van der Waals surface area contributed by atoms with Gasteiger partial charge in [0.2, 0.25) is 15.9 Å². The van der Waals surface area contributed by atoms with Crippen LogP contribution in [0.4, 0.5) is 18.8 Å². The van der Waals surface area contributed by atoms with Gasteiger partial charge in [0.15, 0.2) is 0 Å². The highest BCUT2D eigenvalue weighted by molar-refractivity contribution is 7.91. The molecule has 0 spiro atoms. The second-order valence-electron chi connectivity index (χ2n) is 14.7. The van der Waals surface area contributed by atoms with Crippen LogP contribution in [0.3, 0.4) is 0 Å². The molecule has 15 nitrogen and oxygen atoms in total. The number of fused-ring (bicyclic) bond motifs is 3. The van der Waals surface area contributed by atoms with Crippen LogP contribution in [0.15, 0.2) is 30.4 Å². The molecule has 4 atom stereocenters. The van der Waals surface area contributed by atoms with E-state index in [1.807, 2.05) is 12.2 Å². The van der Waals surface area contributed by atoms with E-state index in [1.165, 1.54) is 15.9 Å². The average molecular weight is 745 g/mol. The summed E-state index contributed by atoms with van der Waals surface area (Å²) in [5, 5.41) is 3.23. The van der Waals surface area contributed by atoms with E-state index >= 15 is 0 Å². The van der Waals surface area contributed by atoms with Gasteiger partial charge in [0.05, 0.1) is 18.3 Å². The maximum atomic E-state index is 14.4. The van der Waals surface area contributed by atoms with Crippen molar-refractivity contribution in [1.29, 1.82) is 0 Å². The van der Waals surface area contributed by atoms with E-state index in [2.05, 4.69) is 15.5 Å². The highest BCUT2D eigenvalue weighted by atomic mass is 32.2. The Morgan fingerprint density at radius 2 is 1.75 bits per heavy atom. The number of urea groups is 1. The maximum Gasteiger partial charge on any atom is 0.426 e. The van der Waals surface area contributed by atoms with Crippen LogP contribution in [0.2, 0.25) is 0 Å². The zero-order valence-electron chi connectivity index (χ0n) is 28.9. The Labute approximate surface area is 301 Å². The Morgan fingerprint density at radius 1 is 0.962 bits per heavy atom. The molecule has 3 heterocycles. The number of sulfonamides is 1. The third-order valence-corrected chi connectivity index (χ3v) is 12.7. The molecule has 282 valence electrons. The van der Waals surface area contributed by atoms with Crippen molar-refractivity contribution in [3.8, 4) is 0 Å². The topological polar surface area (TPSA) is 184 Å². The van der Waals surface area contributed by atoms with Crippen LogP contribution in [0, 0.1) is 11.7 Å². The molecule has 3 aliphatic carbocycles. The molecule has 3 saturated carbocycles. The number of allylic oxidation sites excluding steroid dienone is 1. The fraction of sp³-hybridized carbons (Fsp3) is 0.629. The Kier molecular flexibility index (Phi) is 10.1. The van der Waals surface area contributed by atoms with Gasteiger partial charge in [-0.05, 0) is 75.8 Å². The lowest BCUT2D eigenvalue weighted by molar-refractivity contribution is -0.131. The molecule has 1 aromatic rings. The third-order valence-electron chi connectivity index (χ3n) is 10.9. The highest BCUT2D eigenvalue weighted by Crippen LogP contribution is 2.46. The fourth-order valence-corrected chi connectivity index (χ4v) is 9.02. The highest BCUT2D eigenvalue weighted by Gasteiger charge is 2.62. The first kappa shape index (κ1) is 36.0. The van der Waals surface area contributed by atoms with E-state index < -0.39 is 74.7 Å². The standard InChI is InChI=1S/C35H45FN6O9S/c36-28-13-8-9-22-19-40(21-27(22)28)34(47)51-25-17-29-30(43)37-35(31(44)39-52(48,49)26-14-15-26)18-23(35)10-4-2-1-3-7-16-42(33(46)41(29)20-25)38-32(45)50-24-11-5-6-12-24/h4,8-10,13,23-26,29H,1-3,5-7,11-12,14-21H2,(H,37,43)(H,38,45)(H,39,44)/b10-4-/t23-,25-,29+,35+/m1/s1. The van der Waals surface area contributed by atoms with Crippen LogP contribution in [-0.4, -0.2) is 95.4 Å². The molecule has 52 heavy (non-hydrogen) atoms. The molecule has 0 radical (unpaired) electrons. The van der Waals surface area contributed by atoms with Crippen molar-refractivity contribution in [3.05, 3.63) is 47.3 Å². The summed E-state index contributed by atoms with van der Waals surface area (Å²) in [6, 6.07) is 2.62. The van der Waals surface area contributed by atoms with Crippen molar-refractivity contribution in [2.24, 2.45) is 5.92 Å². The number of hydrogen-bond donors (Lipinski definition) is 3. The first-order valence-electron chi connectivity index (χ1n) is 18.3. The number of hydrazine groups is 1. The molecule has 6 amide bonds. The smallest absolute Gasteiger partial charge is 0.426 e. The van der Waals surface area contributed by atoms with Crippen molar-refractivity contribution >= 4 is 40.1 Å². The first-order valence-corrected chi connectivity index (χ1v) is 19.8.